The number of aliphatic hydroxyl groups excluding tert-OH is 1. The second kappa shape index (κ2) is 9.34. The van der Waals surface area contributed by atoms with Crippen molar-refractivity contribution >= 4 is 5.69 Å². The number of nitrogen functional groups attached to an aromatic ring is 1. The Hall–Kier alpha value is -2.80. The van der Waals surface area contributed by atoms with Crippen LogP contribution in [-0.2, 0) is 32.7 Å². The molecular formula is C24H29N5O. The SMILES string of the molecule is NCc1ccc(CN(Cc2ncccc2N)[C@H]2CCCc3cccnc32)c(CO)c1. The van der Waals surface area contributed by atoms with Crippen LogP contribution in [0.15, 0.2) is 54.9 Å². The lowest BCUT2D eigenvalue weighted by Gasteiger charge is -2.35. The van der Waals surface area contributed by atoms with Crippen LogP contribution in [-0.4, -0.2) is 20.0 Å². The Morgan fingerprint density at radius 2 is 1.87 bits per heavy atom. The molecule has 1 aliphatic rings. The molecule has 1 aliphatic carbocycles. The number of nitrogens with zero attached hydrogens (tertiary/aromatic N) is 3. The lowest BCUT2D eigenvalue weighted by atomic mass is 9.90. The molecule has 2 aromatic heterocycles. The highest BCUT2D eigenvalue weighted by atomic mass is 16.3. The van der Waals surface area contributed by atoms with E-state index in [0.717, 1.165) is 47.3 Å². The number of nitrogens with two attached hydrogens (primary N) is 2. The minimum absolute atomic E-state index is 0.0117. The fourth-order valence-corrected chi connectivity index (χ4v) is 4.32. The topological polar surface area (TPSA) is 101 Å². The van der Waals surface area contributed by atoms with Crippen LogP contribution in [0, 0.1) is 0 Å². The Labute approximate surface area is 177 Å². The lowest BCUT2D eigenvalue weighted by Crippen LogP contribution is -2.32. The van der Waals surface area contributed by atoms with Gasteiger partial charge < -0.3 is 16.6 Å². The van der Waals surface area contributed by atoms with Crippen molar-refractivity contribution in [3.05, 3.63) is 88.5 Å². The van der Waals surface area contributed by atoms with Crippen LogP contribution in [0.2, 0.25) is 0 Å². The van der Waals surface area contributed by atoms with Crippen LogP contribution in [0.25, 0.3) is 0 Å². The van der Waals surface area contributed by atoms with Gasteiger partial charge in [-0.15, -0.1) is 0 Å². The van der Waals surface area contributed by atoms with E-state index in [2.05, 4.69) is 22.0 Å². The summed E-state index contributed by atoms with van der Waals surface area (Å²) < 4.78 is 0. The van der Waals surface area contributed by atoms with Gasteiger partial charge in [-0.3, -0.25) is 14.9 Å². The third-order valence-corrected chi connectivity index (χ3v) is 5.93. The molecule has 6 heteroatoms. The van der Waals surface area contributed by atoms with Crippen LogP contribution >= 0.6 is 0 Å². The van der Waals surface area contributed by atoms with E-state index < -0.39 is 0 Å². The molecule has 0 fully saturated rings. The predicted octanol–water partition coefficient (Wildman–Crippen LogP) is 3.09. The Balaban J connectivity index is 1.71. The lowest BCUT2D eigenvalue weighted by molar-refractivity contribution is 0.154. The maximum atomic E-state index is 9.95. The molecule has 0 saturated carbocycles. The highest BCUT2D eigenvalue weighted by Crippen LogP contribution is 2.35. The van der Waals surface area contributed by atoms with Gasteiger partial charge in [-0.25, -0.2) is 0 Å². The molecule has 0 aliphatic heterocycles. The third-order valence-electron chi connectivity index (χ3n) is 5.93. The molecular weight excluding hydrogens is 374 g/mol. The van der Waals surface area contributed by atoms with Gasteiger partial charge in [0.15, 0.2) is 0 Å². The second-order valence-corrected chi connectivity index (χ2v) is 7.87. The van der Waals surface area contributed by atoms with Crippen molar-refractivity contribution in [3.63, 3.8) is 0 Å². The summed E-state index contributed by atoms with van der Waals surface area (Å²) in [5, 5.41) is 9.95. The molecule has 0 amide bonds. The Morgan fingerprint density at radius 1 is 1.03 bits per heavy atom. The summed E-state index contributed by atoms with van der Waals surface area (Å²) in [4.78, 5) is 11.7. The third kappa shape index (κ3) is 4.36. The number of aromatic nitrogens is 2. The second-order valence-electron chi connectivity index (χ2n) is 7.87. The summed E-state index contributed by atoms with van der Waals surface area (Å²) in [5.41, 5.74) is 19.1. The fourth-order valence-electron chi connectivity index (χ4n) is 4.32. The summed E-state index contributed by atoms with van der Waals surface area (Å²) in [6.45, 7) is 1.75. The van der Waals surface area contributed by atoms with Gasteiger partial charge in [-0.1, -0.05) is 24.3 Å². The summed E-state index contributed by atoms with van der Waals surface area (Å²) in [6.07, 6.45) is 6.88. The smallest absolute Gasteiger partial charge is 0.0773 e. The van der Waals surface area contributed by atoms with Crippen molar-refractivity contribution in [1.29, 1.82) is 0 Å². The minimum Gasteiger partial charge on any atom is -0.397 e. The molecule has 0 radical (unpaired) electrons. The monoisotopic (exact) mass is 403 g/mol. The van der Waals surface area contributed by atoms with Gasteiger partial charge in [0.25, 0.3) is 0 Å². The van der Waals surface area contributed by atoms with Crippen LogP contribution in [0.1, 0.15) is 52.5 Å². The normalized spacial score (nSPS) is 15.9. The molecule has 2 heterocycles. The quantitative estimate of drug-likeness (QED) is 0.560. The van der Waals surface area contributed by atoms with Crippen LogP contribution in [0.3, 0.4) is 0 Å². The van der Waals surface area contributed by atoms with Gasteiger partial charge in [-0.2, -0.15) is 0 Å². The van der Waals surface area contributed by atoms with E-state index in [9.17, 15) is 5.11 Å². The van der Waals surface area contributed by atoms with E-state index in [1.807, 2.05) is 36.5 Å². The number of benzene rings is 1. The Bertz CT molecular complexity index is 1010. The standard InChI is InChI=1S/C24H29N5O/c25-13-17-8-9-19(20(12-17)16-30)14-29(15-22-21(26)6-3-10-27-22)23-7-1-4-18-5-2-11-28-24(18)23/h2-3,5-6,8-12,23,30H,1,4,7,13-16,25-26H2/t23-/m0/s1. The van der Waals surface area contributed by atoms with Gasteiger partial charge in [0.2, 0.25) is 0 Å². The van der Waals surface area contributed by atoms with Crippen molar-refractivity contribution in [2.75, 3.05) is 5.73 Å². The first kappa shape index (κ1) is 20.5. The van der Waals surface area contributed by atoms with Gasteiger partial charge >= 0.3 is 0 Å². The van der Waals surface area contributed by atoms with Crippen LogP contribution in [0.4, 0.5) is 5.69 Å². The number of anilines is 1. The number of hydrogen-bond donors (Lipinski definition) is 3. The number of rotatable bonds is 7. The van der Waals surface area contributed by atoms with Crippen LogP contribution < -0.4 is 11.5 Å². The largest absolute Gasteiger partial charge is 0.397 e. The van der Waals surface area contributed by atoms with E-state index >= 15 is 0 Å². The van der Waals surface area contributed by atoms with E-state index in [-0.39, 0.29) is 12.6 Å². The maximum absolute atomic E-state index is 9.95. The van der Waals surface area contributed by atoms with E-state index in [1.54, 1.807) is 6.20 Å². The zero-order valence-corrected chi connectivity index (χ0v) is 17.2. The highest BCUT2D eigenvalue weighted by molar-refractivity contribution is 5.42. The van der Waals surface area contributed by atoms with Gasteiger partial charge in [0.05, 0.1) is 29.7 Å². The zero-order valence-electron chi connectivity index (χ0n) is 17.2. The average Bonchev–Trinajstić information content (AvgIpc) is 2.79. The Kier molecular flexibility index (Phi) is 6.38. The molecule has 4 rings (SSSR count). The Morgan fingerprint density at radius 3 is 2.67 bits per heavy atom. The van der Waals surface area contributed by atoms with E-state index in [0.29, 0.717) is 25.3 Å². The fraction of sp³-hybridized carbons (Fsp3) is 0.333. The molecule has 6 nitrogen and oxygen atoms in total. The van der Waals surface area contributed by atoms with Crippen molar-refractivity contribution in [2.45, 2.75) is 51.5 Å². The van der Waals surface area contributed by atoms with Crippen LogP contribution in [0.5, 0.6) is 0 Å². The molecule has 5 N–H and O–H groups in total. The molecule has 0 bridgehead atoms. The minimum atomic E-state index is -0.0117. The number of aryl methyl sites for hydroxylation is 1. The molecule has 156 valence electrons. The molecule has 0 spiro atoms. The zero-order chi connectivity index (χ0) is 20.9. The predicted molar refractivity (Wildman–Crippen MR) is 118 cm³/mol. The van der Waals surface area contributed by atoms with Gasteiger partial charge in [-0.05, 0) is 59.7 Å². The first-order valence-corrected chi connectivity index (χ1v) is 10.5. The average molecular weight is 404 g/mol. The number of fused-ring (bicyclic) bond motifs is 1. The van der Waals surface area contributed by atoms with E-state index in [4.69, 9.17) is 16.5 Å². The van der Waals surface area contributed by atoms with Gasteiger partial charge in [0.1, 0.15) is 0 Å². The van der Waals surface area contributed by atoms with Crippen molar-refractivity contribution in [1.82, 2.24) is 14.9 Å². The molecule has 1 aromatic carbocycles. The van der Waals surface area contributed by atoms with Crippen molar-refractivity contribution in [2.24, 2.45) is 5.73 Å². The number of aliphatic hydroxyl groups is 1. The molecule has 0 saturated heterocycles. The van der Waals surface area contributed by atoms with Gasteiger partial charge in [0, 0.05) is 32.0 Å². The van der Waals surface area contributed by atoms with Crippen molar-refractivity contribution < 1.29 is 5.11 Å². The number of hydrogen-bond acceptors (Lipinski definition) is 6. The summed E-state index contributed by atoms with van der Waals surface area (Å²) in [5.74, 6) is 0. The molecule has 3 aromatic rings. The first-order chi connectivity index (χ1) is 14.7. The molecule has 1 atom stereocenters. The summed E-state index contributed by atoms with van der Waals surface area (Å²) >= 11 is 0. The maximum Gasteiger partial charge on any atom is 0.0773 e. The van der Waals surface area contributed by atoms with Crippen molar-refractivity contribution in [3.8, 4) is 0 Å². The van der Waals surface area contributed by atoms with E-state index in [1.165, 1.54) is 5.56 Å². The summed E-state index contributed by atoms with van der Waals surface area (Å²) in [7, 11) is 0. The molecule has 30 heavy (non-hydrogen) atoms. The summed E-state index contributed by atoms with van der Waals surface area (Å²) in [6, 6.07) is 14.2. The highest BCUT2D eigenvalue weighted by Gasteiger charge is 2.28. The molecule has 0 unspecified atom stereocenters. The first-order valence-electron chi connectivity index (χ1n) is 10.5. The number of pyridine rings is 2.